The van der Waals surface area contributed by atoms with E-state index < -0.39 is 21.7 Å². The molecule has 0 aliphatic carbocycles. The van der Waals surface area contributed by atoms with Gasteiger partial charge in [-0.3, -0.25) is 4.72 Å². The Kier molecular flexibility index (Phi) is 4.39. The van der Waals surface area contributed by atoms with Crippen LogP contribution in [0, 0.1) is 11.6 Å². The maximum atomic E-state index is 14.4. The quantitative estimate of drug-likeness (QED) is 0.499. The molecule has 2 N–H and O–H groups in total. The first-order valence-corrected chi connectivity index (χ1v) is 10.3. The minimum absolute atomic E-state index is 0.182. The third-order valence-corrected chi connectivity index (χ3v) is 4.99. The van der Waals surface area contributed by atoms with Gasteiger partial charge in [0.05, 0.1) is 6.26 Å². The standard InChI is InChI=1S/C21H16F2N2O2S/c1-28(26,27)25-16-10-13(17-3-2-4-21-19(17)7-8-24-21)9-14(11-16)18-6-5-15(22)12-20(18)23/h2-12,24-25H,1H3. The minimum Gasteiger partial charge on any atom is -0.361 e. The molecular weight excluding hydrogens is 382 g/mol. The third kappa shape index (κ3) is 3.61. The molecule has 0 fully saturated rings. The topological polar surface area (TPSA) is 62.0 Å². The highest BCUT2D eigenvalue weighted by Gasteiger charge is 2.13. The molecule has 0 aliphatic rings. The van der Waals surface area contributed by atoms with E-state index in [1.165, 1.54) is 18.2 Å². The third-order valence-electron chi connectivity index (χ3n) is 4.38. The van der Waals surface area contributed by atoms with Crippen molar-refractivity contribution in [3.8, 4) is 22.3 Å². The zero-order chi connectivity index (χ0) is 19.9. The van der Waals surface area contributed by atoms with Crippen molar-refractivity contribution in [1.29, 1.82) is 0 Å². The van der Waals surface area contributed by atoms with Crippen LogP contribution in [0.1, 0.15) is 0 Å². The number of hydrogen-bond acceptors (Lipinski definition) is 2. The Balaban J connectivity index is 1.96. The normalized spacial score (nSPS) is 11.7. The molecule has 0 amide bonds. The summed E-state index contributed by atoms with van der Waals surface area (Å²) in [7, 11) is -3.53. The molecule has 142 valence electrons. The van der Waals surface area contributed by atoms with Gasteiger partial charge >= 0.3 is 0 Å². The molecule has 7 heteroatoms. The van der Waals surface area contributed by atoms with E-state index in [-0.39, 0.29) is 5.56 Å². The number of fused-ring (bicyclic) bond motifs is 1. The number of benzene rings is 3. The summed E-state index contributed by atoms with van der Waals surface area (Å²) < 4.78 is 53.6. The van der Waals surface area contributed by atoms with Gasteiger partial charge in [0.25, 0.3) is 0 Å². The second kappa shape index (κ2) is 6.76. The van der Waals surface area contributed by atoms with Crippen molar-refractivity contribution < 1.29 is 17.2 Å². The predicted molar refractivity (Wildman–Crippen MR) is 108 cm³/mol. The molecule has 0 spiro atoms. The van der Waals surface area contributed by atoms with Gasteiger partial charge in [0.15, 0.2) is 0 Å². The molecule has 4 aromatic rings. The van der Waals surface area contributed by atoms with Gasteiger partial charge in [-0.05, 0) is 59.2 Å². The van der Waals surface area contributed by atoms with Crippen LogP contribution in [0.25, 0.3) is 33.2 Å². The zero-order valence-corrected chi connectivity index (χ0v) is 15.6. The van der Waals surface area contributed by atoms with Crippen LogP contribution in [0.15, 0.2) is 66.9 Å². The van der Waals surface area contributed by atoms with Crippen LogP contribution in [0.2, 0.25) is 0 Å². The summed E-state index contributed by atoms with van der Waals surface area (Å²) >= 11 is 0. The van der Waals surface area contributed by atoms with E-state index in [0.29, 0.717) is 16.8 Å². The molecule has 0 bridgehead atoms. The monoisotopic (exact) mass is 398 g/mol. The molecule has 4 rings (SSSR count). The summed E-state index contributed by atoms with van der Waals surface area (Å²) in [6, 6.07) is 15.9. The second-order valence-electron chi connectivity index (χ2n) is 6.54. The van der Waals surface area contributed by atoms with E-state index in [9.17, 15) is 17.2 Å². The van der Waals surface area contributed by atoms with Gasteiger partial charge in [0, 0.05) is 34.4 Å². The van der Waals surface area contributed by atoms with E-state index in [4.69, 9.17) is 0 Å². The molecule has 0 saturated carbocycles. The van der Waals surface area contributed by atoms with Crippen LogP contribution in [0.5, 0.6) is 0 Å². The van der Waals surface area contributed by atoms with Gasteiger partial charge in [-0.1, -0.05) is 12.1 Å². The van der Waals surface area contributed by atoms with Crippen LogP contribution in [-0.2, 0) is 10.0 Å². The van der Waals surface area contributed by atoms with Crippen molar-refractivity contribution in [3.05, 3.63) is 78.5 Å². The van der Waals surface area contributed by atoms with E-state index in [2.05, 4.69) is 9.71 Å². The van der Waals surface area contributed by atoms with Crippen molar-refractivity contribution >= 4 is 26.6 Å². The largest absolute Gasteiger partial charge is 0.361 e. The van der Waals surface area contributed by atoms with Crippen LogP contribution >= 0.6 is 0 Å². The fourth-order valence-corrected chi connectivity index (χ4v) is 3.82. The first-order valence-electron chi connectivity index (χ1n) is 8.45. The maximum absolute atomic E-state index is 14.4. The fourth-order valence-electron chi connectivity index (χ4n) is 3.27. The SMILES string of the molecule is CS(=O)(=O)Nc1cc(-c2ccc(F)cc2F)cc(-c2cccc3[nH]ccc23)c1. The van der Waals surface area contributed by atoms with E-state index in [0.717, 1.165) is 28.8 Å². The Labute approximate surface area is 160 Å². The van der Waals surface area contributed by atoms with Crippen molar-refractivity contribution in [1.82, 2.24) is 4.98 Å². The van der Waals surface area contributed by atoms with Crippen LogP contribution in [-0.4, -0.2) is 19.7 Å². The number of aromatic amines is 1. The summed E-state index contributed by atoms with van der Waals surface area (Å²) in [4.78, 5) is 3.13. The molecule has 0 unspecified atom stereocenters. The van der Waals surface area contributed by atoms with Gasteiger partial charge in [0.2, 0.25) is 10.0 Å². The van der Waals surface area contributed by atoms with Crippen molar-refractivity contribution in [2.45, 2.75) is 0 Å². The summed E-state index contributed by atoms with van der Waals surface area (Å²) in [5, 5.41) is 0.949. The highest BCUT2D eigenvalue weighted by molar-refractivity contribution is 7.92. The smallest absolute Gasteiger partial charge is 0.229 e. The Morgan fingerprint density at radius 2 is 1.64 bits per heavy atom. The highest BCUT2D eigenvalue weighted by atomic mass is 32.2. The number of sulfonamides is 1. The summed E-state index contributed by atoms with van der Waals surface area (Å²) in [6.45, 7) is 0. The van der Waals surface area contributed by atoms with Crippen molar-refractivity contribution in [2.24, 2.45) is 0 Å². The first kappa shape index (κ1) is 18.2. The van der Waals surface area contributed by atoms with Crippen LogP contribution in [0.3, 0.4) is 0 Å². The lowest BCUT2D eigenvalue weighted by Crippen LogP contribution is -2.09. The van der Waals surface area contributed by atoms with E-state index in [1.54, 1.807) is 12.1 Å². The molecule has 0 saturated heterocycles. The van der Waals surface area contributed by atoms with Crippen molar-refractivity contribution in [2.75, 3.05) is 11.0 Å². The zero-order valence-electron chi connectivity index (χ0n) is 14.8. The lowest BCUT2D eigenvalue weighted by Gasteiger charge is -2.13. The summed E-state index contributed by atoms with van der Waals surface area (Å²) in [6.07, 6.45) is 2.86. The molecule has 1 aromatic heterocycles. The predicted octanol–water partition coefficient (Wildman–Crippen LogP) is 5.15. The molecule has 0 atom stereocenters. The molecule has 3 aromatic carbocycles. The lowest BCUT2D eigenvalue weighted by molar-refractivity contribution is 0.585. The first-order chi connectivity index (χ1) is 13.3. The fraction of sp³-hybridized carbons (Fsp3) is 0.0476. The number of hydrogen-bond donors (Lipinski definition) is 2. The second-order valence-corrected chi connectivity index (χ2v) is 8.29. The number of nitrogens with one attached hydrogen (secondary N) is 2. The molecule has 28 heavy (non-hydrogen) atoms. The molecule has 1 heterocycles. The van der Waals surface area contributed by atoms with Gasteiger partial charge in [-0.25, -0.2) is 17.2 Å². The van der Waals surface area contributed by atoms with Crippen LogP contribution < -0.4 is 4.72 Å². The van der Waals surface area contributed by atoms with Gasteiger partial charge < -0.3 is 4.98 Å². The minimum atomic E-state index is -3.53. The number of aromatic nitrogens is 1. The summed E-state index contributed by atoms with van der Waals surface area (Å²) in [5.74, 6) is -1.40. The average Bonchev–Trinajstić information content (AvgIpc) is 3.08. The van der Waals surface area contributed by atoms with Gasteiger partial charge in [0.1, 0.15) is 11.6 Å². The summed E-state index contributed by atoms with van der Waals surface area (Å²) in [5.41, 5.74) is 3.41. The van der Waals surface area contributed by atoms with Crippen molar-refractivity contribution in [3.63, 3.8) is 0 Å². The Morgan fingerprint density at radius 3 is 2.36 bits per heavy atom. The van der Waals surface area contributed by atoms with Crippen LogP contribution in [0.4, 0.5) is 14.5 Å². The molecule has 0 aliphatic heterocycles. The van der Waals surface area contributed by atoms with E-state index >= 15 is 0 Å². The number of rotatable bonds is 4. The Hall–Kier alpha value is -3.19. The average molecular weight is 398 g/mol. The molecule has 4 nitrogen and oxygen atoms in total. The number of anilines is 1. The van der Waals surface area contributed by atoms with E-state index in [1.807, 2.05) is 30.5 Å². The highest BCUT2D eigenvalue weighted by Crippen LogP contribution is 2.35. The Morgan fingerprint density at radius 1 is 0.893 bits per heavy atom. The maximum Gasteiger partial charge on any atom is 0.229 e. The molecular formula is C21H16F2N2O2S. The molecule has 0 radical (unpaired) electrons. The number of halogens is 2. The number of H-pyrrole nitrogens is 1. The van der Waals surface area contributed by atoms with Gasteiger partial charge in [-0.15, -0.1) is 0 Å². The lowest BCUT2D eigenvalue weighted by atomic mass is 9.96. The Bertz CT molecular complexity index is 1300. The van der Waals surface area contributed by atoms with Gasteiger partial charge in [-0.2, -0.15) is 0 Å².